The molecule has 5 atom stereocenters. The third-order valence-corrected chi connectivity index (χ3v) is 6.46. The predicted molar refractivity (Wildman–Crippen MR) is 129 cm³/mol. The molecule has 2 aliphatic heterocycles. The quantitative estimate of drug-likeness (QED) is 0.469. The van der Waals surface area contributed by atoms with Gasteiger partial charge >= 0.3 is 0 Å². The summed E-state index contributed by atoms with van der Waals surface area (Å²) in [5.74, 6) is -1.13. The standard InChI is InChI=1S/C28H27NO7/c30-24-22(17-34-15-18-9-3-1-4-10-18)36-28(33)23(25(24)35-16-19-11-5-2-6-12-19)29-26(31)20-13-7-8-14-21(20)27(29)32/h1-14,22-25,28,30,33H,15-17H2/t22-,23-,24-,25-,28?/m1/s1. The van der Waals surface area contributed by atoms with Gasteiger partial charge in [0.2, 0.25) is 0 Å². The lowest BCUT2D eigenvalue weighted by Gasteiger charge is -2.45. The molecule has 0 bridgehead atoms. The smallest absolute Gasteiger partial charge is 0.262 e. The lowest BCUT2D eigenvalue weighted by Crippen LogP contribution is -2.66. The Morgan fingerprint density at radius 2 is 1.28 bits per heavy atom. The second-order valence-corrected chi connectivity index (χ2v) is 8.83. The molecule has 186 valence electrons. The topological polar surface area (TPSA) is 106 Å². The molecular formula is C28H27NO7. The first kappa shape index (κ1) is 24.3. The zero-order valence-corrected chi connectivity index (χ0v) is 19.5. The number of fused-ring (bicyclic) bond motifs is 1. The number of rotatable bonds is 8. The molecule has 0 radical (unpaired) electrons. The van der Waals surface area contributed by atoms with E-state index in [-0.39, 0.29) is 24.3 Å². The van der Waals surface area contributed by atoms with Crippen molar-refractivity contribution in [1.29, 1.82) is 0 Å². The Morgan fingerprint density at radius 1 is 0.750 bits per heavy atom. The molecule has 2 N–H and O–H groups in total. The normalized spacial score (nSPS) is 25.7. The molecule has 0 saturated carbocycles. The molecule has 2 amide bonds. The molecule has 2 aliphatic rings. The van der Waals surface area contributed by atoms with Gasteiger partial charge in [0, 0.05) is 0 Å². The molecule has 1 fully saturated rings. The lowest BCUT2D eigenvalue weighted by atomic mass is 9.95. The average Bonchev–Trinajstić information content (AvgIpc) is 3.16. The monoisotopic (exact) mass is 489 g/mol. The summed E-state index contributed by atoms with van der Waals surface area (Å²) < 4.78 is 17.5. The summed E-state index contributed by atoms with van der Waals surface area (Å²) in [6.07, 6.45) is -4.90. The van der Waals surface area contributed by atoms with Crippen molar-refractivity contribution in [3.05, 3.63) is 107 Å². The van der Waals surface area contributed by atoms with Crippen molar-refractivity contribution < 1.29 is 34.0 Å². The molecule has 0 aliphatic carbocycles. The van der Waals surface area contributed by atoms with Gasteiger partial charge in [-0.2, -0.15) is 0 Å². The van der Waals surface area contributed by atoms with Crippen molar-refractivity contribution in [1.82, 2.24) is 4.90 Å². The van der Waals surface area contributed by atoms with Gasteiger partial charge in [-0.05, 0) is 23.3 Å². The largest absolute Gasteiger partial charge is 0.388 e. The van der Waals surface area contributed by atoms with Crippen LogP contribution in [0.1, 0.15) is 31.8 Å². The van der Waals surface area contributed by atoms with Crippen LogP contribution in [0.2, 0.25) is 0 Å². The van der Waals surface area contributed by atoms with Crippen LogP contribution >= 0.6 is 0 Å². The van der Waals surface area contributed by atoms with Crippen molar-refractivity contribution >= 4 is 11.8 Å². The molecule has 36 heavy (non-hydrogen) atoms. The highest BCUT2D eigenvalue weighted by atomic mass is 16.6. The molecule has 8 nitrogen and oxygen atoms in total. The van der Waals surface area contributed by atoms with Gasteiger partial charge < -0.3 is 24.4 Å². The Labute approximate surface area is 208 Å². The predicted octanol–water partition coefficient (Wildman–Crippen LogP) is 2.53. The number of aliphatic hydroxyl groups is 2. The van der Waals surface area contributed by atoms with Crippen LogP contribution in [0.15, 0.2) is 84.9 Å². The van der Waals surface area contributed by atoms with Gasteiger partial charge in [0.05, 0.1) is 30.9 Å². The summed E-state index contributed by atoms with van der Waals surface area (Å²) in [5, 5.41) is 22.3. The van der Waals surface area contributed by atoms with E-state index in [1.807, 2.05) is 60.7 Å². The van der Waals surface area contributed by atoms with Crippen LogP contribution in [0.4, 0.5) is 0 Å². The van der Waals surface area contributed by atoms with Crippen LogP contribution in [0.25, 0.3) is 0 Å². The molecule has 3 aromatic carbocycles. The van der Waals surface area contributed by atoms with E-state index in [9.17, 15) is 19.8 Å². The number of nitrogens with zero attached hydrogens (tertiary/aromatic N) is 1. The number of hydrogen-bond acceptors (Lipinski definition) is 7. The Morgan fingerprint density at radius 3 is 1.86 bits per heavy atom. The van der Waals surface area contributed by atoms with Crippen LogP contribution < -0.4 is 0 Å². The Kier molecular flexibility index (Phi) is 7.22. The maximum Gasteiger partial charge on any atom is 0.262 e. The van der Waals surface area contributed by atoms with Gasteiger partial charge in [-0.3, -0.25) is 14.5 Å². The number of benzene rings is 3. The van der Waals surface area contributed by atoms with E-state index in [0.29, 0.717) is 6.61 Å². The van der Waals surface area contributed by atoms with Gasteiger partial charge in [0.25, 0.3) is 11.8 Å². The van der Waals surface area contributed by atoms with E-state index in [4.69, 9.17) is 14.2 Å². The second-order valence-electron chi connectivity index (χ2n) is 8.83. The highest BCUT2D eigenvalue weighted by Crippen LogP contribution is 2.33. The highest BCUT2D eigenvalue weighted by Gasteiger charge is 2.53. The van der Waals surface area contributed by atoms with E-state index in [2.05, 4.69) is 0 Å². The molecule has 2 heterocycles. The summed E-state index contributed by atoms with van der Waals surface area (Å²) in [6, 6.07) is 24.0. The average molecular weight is 490 g/mol. The zero-order chi connectivity index (χ0) is 25.1. The van der Waals surface area contributed by atoms with E-state index >= 15 is 0 Å². The first-order valence-electron chi connectivity index (χ1n) is 11.8. The van der Waals surface area contributed by atoms with Crippen molar-refractivity contribution in [2.75, 3.05) is 6.61 Å². The van der Waals surface area contributed by atoms with Crippen molar-refractivity contribution in [3.8, 4) is 0 Å². The fourth-order valence-corrected chi connectivity index (χ4v) is 4.64. The third-order valence-electron chi connectivity index (χ3n) is 6.46. The molecule has 0 aromatic heterocycles. The van der Waals surface area contributed by atoms with Crippen LogP contribution in [-0.4, -0.2) is 64.2 Å². The number of carbonyl (C=O) groups excluding carboxylic acids is 2. The van der Waals surface area contributed by atoms with Crippen LogP contribution in [0.3, 0.4) is 0 Å². The van der Waals surface area contributed by atoms with Gasteiger partial charge in [0.1, 0.15) is 24.4 Å². The second kappa shape index (κ2) is 10.7. The fraction of sp³-hybridized carbons (Fsp3) is 0.286. The van der Waals surface area contributed by atoms with Crippen LogP contribution in [0, 0.1) is 0 Å². The summed E-state index contributed by atoms with van der Waals surface area (Å²) in [6.45, 7) is 0.376. The number of carbonyl (C=O) groups is 2. The summed E-state index contributed by atoms with van der Waals surface area (Å²) in [7, 11) is 0. The minimum absolute atomic E-state index is 0.0207. The van der Waals surface area contributed by atoms with Crippen molar-refractivity contribution in [2.45, 2.75) is 43.9 Å². The van der Waals surface area contributed by atoms with Gasteiger partial charge in [-0.1, -0.05) is 72.8 Å². The number of amides is 2. The summed E-state index contributed by atoms with van der Waals surface area (Å²) in [4.78, 5) is 27.3. The maximum absolute atomic E-state index is 13.2. The first-order valence-corrected chi connectivity index (χ1v) is 11.8. The number of ether oxygens (including phenoxy) is 3. The van der Waals surface area contributed by atoms with Gasteiger partial charge in [-0.15, -0.1) is 0 Å². The molecule has 1 saturated heterocycles. The fourth-order valence-electron chi connectivity index (χ4n) is 4.64. The number of aliphatic hydroxyl groups excluding tert-OH is 2. The molecule has 1 unspecified atom stereocenters. The van der Waals surface area contributed by atoms with Crippen molar-refractivity contribution in [3.63, 3.8) is 0 Å². The van der Waals surface area contributed by atoms with Crippen LogP contribution in [0.5, 0.6) is 0 Å². The third kappa shape index (κ3) is 4.82. The number of hydrogen-bond donors (Lipinski definition) is 2. The van der Waals surface area contributed by atoms with Gasteiger partial charge in [0.15, 0.2) is 6.29 Å². The van der Waals surface area contributed by atoms with E-state index in [1.54, 1.807) is 24.3 Å². The minimum Gasteiger partial charge on any atom is -0.388 e. The maximum atomic E-state index is 13.2. The van der Waals surface area contributed by atoms with Crippen LogP contribution in [-0.2, 0) is 27.4 Å². The highest BCUT2D eigenvalue weighted by molar-refractivity contribution is 6.21. The molecular weight excluding hydrogens is 462 g/mol. The van der Waals surface area contributed by atoms with E-state index in [0.717, 1.165) is 16.0 Å². The lowest BCUT2D eigenvalue weighted by molar-refractivity contribution is -0.276. The molecule has 8 heteroatoms. The molecule has 5 rings (SSSR count). The van der Waals surface area contributed by atoms with E-state index < -0.39 is 42.5 Å². The van der Waals surface area contributed by atoms with Crippen molar-refractivity contribution in [2.24, 2.45) is 0 Å². The Hall–Kier alpha value is -3.40. The summed E-state index contributed by atoms with van der Waals surface area (Å²) >= 11 is 0. The Balaban J connectivity index is 1.37. The number of imide groups is 1. The minimum atomic E-state index is -1.58. The van der Waals surface area contributed by atoms with E-state index in [1.165, 1.54) is 0 Å². The summed E-state index contributed by atoms with van der Waals surface area (Å²) in [5.41, 5.74) is 2.26. The van der Waals surface area contributed by atoms with Gasteiger partial charge in [-0.25, -0.2) is 0 Å². The Bertz CT molecular complexity index is 1170. The molecule has 0 spiro atoms. The zero-order valence-electron chi connectivity index (χ0n) is 19.5. The first-order chi connectivity index (χ1) is 17.5. The molecule has 3 aromatic rings. The SMILES string of the molecule is O=C1c2ccccc2C(=O)N1[C@H]1C(O)O[C@H](COCc2ccccc2)[C@@H](O)[C@@H]1OCc1ccccc1.